The molecule has 172 valence electrons. The summed E-state index contributed by atoms with van der Waals surface area (Å²) in [5.74, 6) is -0.411. The van der Waals surface area contributed by atoms with E-state index in [0.717, 1.165) is 22.2 Å². The third kappa shape index (κ3) is 5.99. The maximum atomic E-state index is 12.9. The smallest absolute Gasteiger partial charge is 0.293 e. The van der Waals surface area contributed by atoms with Gasteiger partial charge in [0.05, 0.1) is 11.4 Å². The molecule has 3 aromatic rings. The highest BCUT2D eigenvalue weighted by atomic mass is 35.5. The predicted octanol–water partition coefficient (Wildman–Crippen LogP) is 6.25. The Hall–Kier alpha value is -3.26. The van der Waals surface area contributed by atoms with Crippen LogP contribution >= 0.6 is 35.0 Å². The molecule has 0 aliphatic carbocycles. The monoisotopic (exact) mass is 512 g/mol. The second-order valence-corrected chi connectivity index (χ2v) is 9.15. The second kappa shape index (κ2) is 10.8. The van der Waals surface area contributed by atoms with E-state index in [9.17, 15) is 14.4 Å². The van der Waals surface area contributed by atoms with Crippen molar-refractivity contribution in [3.8, 4) is 5.75 Å². The molecule has 3 aromatic carbocycles. The number of nitrogens with zero attached hydrogens (tertiary/aromatic N) is 1. The average Bonchev–Trinajstić information content (AvgIpc) is 3.06. The van der Waals surface area contributed by atoms with Crippen molar-refractivity contribution in [2.75, 3.05) is 11.9 Å². The molecule has 0 unspecified atom stereocenters. The molecule has 1 aliphatic rings. The number of ether oxygens (including phenoxy) is 1. The van der Waals surface area contributed by atoms with Gasteiger partial charge in [-0.25, -0.2) is 0 Å². The first kappa shape index (κ1) is 23.9. The standard InChI is InChI=1S/C25H18Cl2N2O4S/c26-18-6-4-5-16(11-18)14-29-24(31)22(34-25(29)32)13-17-12-19(27)9-10-21(17)33-15-23(30)28-20-7-2-1-3-8-20/h1-13H,14-15H2,(H,28,30)/b22-13-. The van der Waals surface area contributed by atoms with Gasteiger partial charge >= 0.3 is 0 Å². The number of rotatable bonds is 7. The highest BCUT2D eigenvalue weighted by molar-refractivity contribution is 8.18. The number of anilines is 1. The van der Waals surface area contributed by atoms with Gasteiger partial charge in [0.1, 0.15) is 5.75 Å². The summed E-state index contributed by atoms with van der Waals surface area (Å²) in [5, 5.41) is 3.30. The molecule has 0 spiro atoms. The molecule has 1 fully saturated rings. The highest BCUT2D eigenvalue weighted by Gasteiger charge is 2.35. The molecule has 0 aromatic heterocycles. The van der Waals surface area contributed by atoms with E-state index in [0.29, 0.717) is 27.0 Å². The van der Waals surface area contributed by atoms with Gasteiger partial charge in [-0.3, -0.25) is 19.3 Å². The fourth-order valence-corrected chi connectivity index (χ4v) is 4.44. The molecule has 1 saturated heterocycles. The maximum Gasteiger partial charge on any atom is 0.293 e. The predicted molar refractivity (Wildman–Crippen MR) is 135 cm³/mol. The second-order valence-electron chi connectivity index (χ2n) is 7.28. The van der Waals surface area contributed by atoms with E-state index in [1.54, 1.807) is 60.7 Å². The van der Waals surface area contributed by atoms with Gasteiger partial charge in [0.15, 0.2) is 6.61 Å². The SMILES string of the molecule is O=C(COc1ccc(Cl)cc1/C=C1\SC(=O)N(Cc2cccc(Cl)c2)C1=O)Nc1ccccc1. The van der Waals surface area contributed by atoms with Crippen LogP contribution in [-0.2, 0) is 16.1 Å². The van der Waals surface area contributed by atoms with Crippen LogP contribution in [0.2, 0.25) is 10.0 Å². The Kier molecular flexibility index (Phi) is 7.57. The Morgan fingerprint density at radius 3 is 2.50 bits per heavy atom. The Labute approximate surface area is 210 Å². The summed E-state index contributed by atoms with van der Waals surface area (Å²) >= 11 is 13.0. The van der Waals surface area contributed by atoms with Gasteiger partial charge in [-0.1, -0.05) is 53.5 Å². The van der Waals surface area contributed by atoms with E-state index in [1.807, 2.05) is 18.2 Å². The number of para-hydroxylation sites is 1. The molecular weight excluding hydrogens is 495 g/mol. The lowest BCUT2D eigenvalue weighted by atomic mass is 10.1. The van der Waals surface area contributed by atoms with E-state index in [1.165, 1.54) is 0 Å². The zero-order valence-corrected chi connectivity index (χ0v) is 20.0. The van der Waals surface area contributed by atoms with Crippen molar-refractivity contribution in [1.29, 1.82) is 0 Å². The van der Waals surface area contributed by atoms with E-state index in [2.05, 4.69) is 5.32 Å². The molecule has 0 atom stereocenters. The van der Waals surface area contributed by atoms with Crippen LogP contribution in [0.15, 0.2) is 77.7 Å². The van der Waals surface area contributed by atoms with Gasteiger partial charge in [0, 0.05) is 21.3 Å². The summed E-state index contributed by atoms with van der Waals surface area (Å²) in [4.78, 5) is 39.0. The lowest BCUT2D eigenvalue weighted by Crippen LogP contribution is -2.27. The molecule has 6 nitrogen and oxygen atoms in total. The number of thioether (sulfide) groups is 1. The van der Waals surface area contributed by atoms with Gasteiger partial charge in [0.2, 0.25) is 0 Å². The lowest BCUT2D eigenvalue weighted by Gasteiger charge is -2.13. The Bertz CT molecular complexity index is 1280. The van der Waals surface area contributed by atoms with Crippen molar-refractivity contribution < 1.29 is 19.1 Å². The van der Waals surface area contributed by atoms with Crippen LogP contribution in [-0.4, -0.2) is 28.6 Å². The molecule has 3 amide bonds. The van der Waals surface area contributed by atoms with Crippen LogP contribution in [0.4, 0.5) is 10.5 Å². The first-order valence-electron chi connectivity index (χ1n) is 10.2. The summed E-state index contributed by atoms with van der Waals surface area (Å²) in [6.45, 7) is -0.130. The van der Waals surface area contributed by atoms with Crippen LogP contribution in [0.25, 0.3) is 6.08 Å². The number of benzene rings is 3. The van der Waals surface area contributed by atoms with Crippen molar-refractivity contribution in [3.05, 3.63) is 98.9 Å². The quantitative estimate of drug-likeness (QED) is 0.378. The number of hydrogen-bond donors (Lipinski definition) is 1. The number of hydrogen-bond acceptors (Lipinski definition) is 5. The molecule has 0 radical (unpaired) electrons. The van der Waals surface area contributed by atoms with Crippen LogP contribution in [0, 0.1) is 0 Å². The molecule has 4 rings (SSSR count). The van der Waals surface area contributed by atoms with Gasteiger partial charge in [-0.15, -0.1) is 0 Å². The fraction of sp³-hybridized carbons (Fsp3) is 0.0800. The van der Waals surface area contributed by atoms with Crippen LogP contribution in [0.5, 0.6) is 5.75 Å². The van der Waals surface area contributed by atoms with Crippen molar-refractivity contribution in [2.45, 2.75) is 6.54 Å². The number of imide groups is 1. The van der Waals surface area contributed by atoms with Crippen molar-refractivity contribution in [2.24, 2.45) is 0 Å². The third-order valence-electron chi connectivity index (χ3n) is 4.78. The van der Waals surface area contributed by atoms with E-state index in [4.69, 9.17) is 27.9 Å². The van der Waals surface area contributed by atoms with Gasteiger partial charge in [-0.2, -0.15) is 0 Å². The molecule has 1 aliphatic heterocycles. The maximum absolute atomic E-state index is 12.9. The number of carbonyl (C=O) groups excluding carboxylic acids is 3. The molecule has 0 bridgehead atoms. The summed E-state index contributed by atoms with van der Waals surface area (Å²) in [6, 6.07) is 20.8. The molecule has 34 heavy (non-hydrogen) atoms. The minimum absolute atomic E-state index is 0.112. The largest absolute Gasteiger partial charge is 0.483 e. The first-order chi connectivity index (χ1) is 16.4. The van der Waals surface area contributed by atoms with Crippen molar-refractivity contribution >= 4 is 63.8 Å². The minimum atomic E-state index is -0.428. The Morgan fingerprint density at radius 1 is 0.971 bits per heavy atom. The van der Waals surface area contributed by atoms with Gasteiger partial charge in [0.25, 0.3) is 17.1 Å². The normalized spacial score (nSPS) is 14.5. The third-order valence-corrected chi connectivity index (χ3v) is 6.16. The van der Waals surface area contributed by atoms with Crippen molar-refractivity contribution in [1.82, 2.24) is 4.90 Å². The van der Waals surface area contributed by atoms with E-state index >= 15 is 0 Å². The minimum Gasteiger partial charge on any atom is -0.483 e. The molecule has 0 saturated carbocycles. The van der Waals surface area contributed by atoms with Gasteiger partial charge in [-0.05, 0) is 65.9 Å². The van der Waals surface area contributed by atoms with Gasteiger partial charge < -0.3 is 10.1 Å². The van der Waals surface area contributed by atoms with E-state index < -0.39 is 5.91 Å². The zero-order chi connectivity index (χ0) is 24.1. The van der Waals surface area contributed by atoms with Crippen LogP contribution in [0.1, 0.15) is 11.1 Å². The summed E-state index contributed by atoms with van der Waals surface area (Å²) in [7, 11) is 0. The summed E-state index contributed by atoms with van der Waals surface area (Å²) in [5.41, 5.74) is 1.88. The molecule has 1 heterocycles. The first-order valence-corrected chi connectivity index (χ1v) is 11.7. The van der Waals surface area contributed by atoms with Crippen LogP contribution < -0.4 is 10.1 Å². The number of halogens is 2. The number of amides is 3. The summed E-state index contributed by atoms with van der Waals surface area (Å²) in [6.07, 6.45) is 1.54. The fourth-order valence-electron chi connectivity index (χ4n) is 3.22. The number of nitrogens with one attached hydrogen (secondary N) is 1. The van der Waals surface area contributed by atoms with E-state index in [-0.39, 0.29) is 29.2 Å². The summed E-state index contributed by atoms with van der Waals surface area (Å²) < 4.78 is 5.69. The Balaban J connectivity index is 1.48. The average molecular weight is 513 g/mol. The zero-order valence-electron chi connectivity index (χ0n) is 17.7. The van der Waals surface area contributed by atoms with Crippen molar-refractivity contribution in [3.63, 3.8) is 0 Å². The highest BCUT2D eigenvalue weighted by Crippen LogP contribution is 2.35. The molecule has 9 heteroatoms. The molecular formula is C25H18Cl2N2O4S. The molecule has 1 N–H and O–H groups in total. The van der Waals surface area contributed by atoms with Crippen LogP contribution in [0.3, 0.4) is 0 Å². The lowest BCUT2D eigenvalue weighted by molar-refractivity contribution is -0.123. The Morgan fingerprint density at radius 2 is 1.74 bits per heavy atom. The number of carbonyl (C=O) groups is 3. The topological polar surface area (TPSA) is 75.7 Å².